The van der Waals surface area contributed by atoms with Crippen LogP contribution in [0.1, 0.15) is 49.8 Å². The van der Waals surface area contributed by atoms with Gasteiger partial charge in [-0.25, -0.2) is 14.7 Å². The summed E-state index contributed by atoms with van der Waals surface area (Å²) in [5, 5.41) is 1.38. The van der Waals surface area contributed by atoms with Crippen LogP contribution >= 0.6 is 23.5 Å². The van der Waals surface area contributed by atoms with Gasteiger partial charge in [0.2, 0.25) is 0 Å². The minimum absolute atomic E-state index is 0.0193. The Kier molecular flexibility index (Phi) is 9.45. The molecule has 3 rings (SSSR count). The average molecular weight is 473 g/mol. The van der Waals surface area contributed by atoms with E-state index in [-0.39, 0.29) is 6.17 Å². The van der Waals surface area contributed by atoms with E-state index in [1.165, 1.54) is 36.8 Å². The summed E-state index contributed by atoms with van der Waals surface area (Å²) < 4.78 is 9.43. The summed E-state index contributed by atoms with van der Waals surface area (Å²) in [5.74, 6) is 0.817. The van der Waals surface area contributed by atoms with Crippen LogP contribution in [0.4, 0.5) is 5.69 Å². The van der Waals surface area contributed by atoms with Gasteiger partial charge in [0.25, 0.3) is 5.23 Å². The molecule has 0 saturated heterocycles. The van der Waals surface area contributed by atoms with Crippen molar-refractivity contribution in [1.82, 2.24) is 9.62 Å². The maximum absolute atomic E-state index is 6.11. The second-order valence-corrected chi connectivity index (χ2v) is 9.27. The number of nitrogens with one attached hydrogen (secondary N) is 1. The van der Waals surface area contributed by atoms with Gasteiger partial charge in [0.05, 0.1) is 12.0 Å². The Hall–Kier alpha value is -2.02. The summed E-state index contributed by atoms with van der Waals surface area (Å²) in [5.41, 5.74) is 4.29. The number of aliphatic imine (C=N–C) groups is 2. The van der Waals surface area contributed by atoms with Crippen LogP contribution in [0.25, 0.3) is 0 Å². The second-order valence-electron chi connectivity index (χ2n) is 8.05. The first-order valence-corrected chi connectivity index (χ1v) is 12.5. The van der Waals surface area contributed by atoms with E-state index in [1.54, 1.807) is 0 Å². The normalized spacial score (nSPS) is 15.9. The Labute approximate surface area is 201 Å². The van der Waals surface area contributed by atoms with Crippen molar-refractivity contribution in [2.75, 3.05) is 13.1 Å². The molecule has 32 heavy (non-hydrogen) atoms. The van der Waals surface area contributed by atoms with Gasteiger partial charge in [-0.1, -0.05) is 43.5 Å². The Bertz CT molecular complexity index is 946. The van der Waals surface area contributed by atoms with Gasteiger partial charge in [0, 0.05) is 36.5 Å². The van der Waals surface area contributed by atoms with Crippen LogP contribution in [0.2, 0.25) is 5.02 Å². The standard InChI is InChI=1S/C25H33ClN4OS/c1-5-7-8-13-30(6-2)17-27-22-14-19(4)23(15-18(22)3)31-25-28-24(29-32-25)16-20-9-11-21(26)12-10-20/h9-12,14-15,17,24,29H,5-8,13,16H2,1-4H3. The fraction of sp³-hybridized carbons (Fsp3) is 0.440. The molecule has 5 nitrogen and oxygen atoms in total. The highest BCUT2D eigenvalue weighted by molar-refractivity contribution is 8.12. The van der Waals surface area contributed by atoms with Crippen LogP contribution in [-0.4, -0.2) is 35.7 Å². The topological polar surface area (TPSA) is 49.2 Å². The summed E-state index contributed by atoms with van der Waals surface area (Å²) in [6.45, 7) is 10.5. The molecule has 0 aliphatic carbocycles. The molecular formula is C25H33ClN4OS. The first-order valence-electron chi connectivity index (χ1n) is 11.3. The number of nitrogens with zero attached hydrogens (tertiary/aromatic N) is 3. The molecule has 172 valence electrons. The van der Waals surface area contributed by atoms with E-state index in [0.717, 1.165) is 47.1 Å². The number of halogens is 1. The maximum Gasteiger partial charge on any atom is 0.268 e. The van der Waals surface area contributed by atoms with Crippen molar-refractivity contribution in [3.05, 3.63) is 58.1 Å². The first kappa shape index (κ1) is 24.6. The van der Waals surface area contributed by atoms with E-state index in [2.05, 4.69) is 41.5 Å². The fourth-order valence-corrected chi connectivity index (χ4v) is 4.21. The van der Waals surface area contributed by atoms with Crippen molar-refractivity contribution < 1.29 is 4.74 Å². The third-order valence-electron chi connectivity index (χ3n) is 5.39. The molecule has 0 saturated carbocycles. The minimum Gasteiger partial charge on any atom is -0.433 e. The molecule has 0 amide bonds. The molecule has 0 spiro atoms. The maximum atomic E-state index is 6.11. The van der Waals surface area contributed by atoms with Crippen molar-refractivity contribution in [3.63, 3.8) is 0 Å². The number of benzene rings is 2. The summed E-state index contributed by atoms with van der Waals surface area (Å²) in [6.07, 6.45) is 6.43. The summed E-state index contributed by atoms with van der Waals surface area (Å²) in [4.78, 5) is 11.7. The van der Waals surface area contributed by atoms with Gasteiger partial charge in [-0.15, -0.1) is 0 Å². The van der Waals surface area contributed by atoms with Crippen LogP contribution in [-0.2, 0) is 6.42 Å². The van der Waals surface area contributed by atoms with E-state index in [0.29, 0.717) is 5.23 Å². The van der Waals surface area contributed by atoms with Crippen LogP contribution in [0.15, 0.2) is 46.4 Å². The van der Waals surface area contributed by atoms with E-state index in [9.17, 15) is 0 Å². The SMILES string of the molecule is CCCCCN(C=Nc1cc(C)c(OC2=NC(Cc3ccc(Cl)cc3)NS2)cc1C)CC. The molecule has 1 heterocycles. The van der Waals surface area contributed by atoms with Crippen LogP contribution in [0.3, 0.4) is 0 Å². The van der Waals surface area contributed by atoms with E-state index < -0.39 is 0 Å². The number of unbranched alkanes of at least 4 members (excludes halogenated alkanes) is 2. The molecule has 2 aromatic carbocycles. The van der Waals surface area contributed by atoms with Gasteiger partial charge in [0.15, 0.2) is 0 Å². The third-order valence-corrected chi connectivity index (χ3v) is 6.40. The lowest BCUT2D eigenvalue weighted by molar-refractivity contribution is 0.434. The fourth-order valence-electron chi connectivity index (χ4n) is 3.40. The van der Waals surface area contributed by atoms with Gasteiger partial charge in [-0.2, -0.15) is 0 Å². The van der Waals surface area contributed by atoms with Crippen LogP contribution < -0.4 is 9.46 Å². The molecule has 1 aliphatic heterocycles. The highest BCUT2D eigenvalue weighted by Crippen LogP contribution is 2.30. The highest BCUT2D eigenvalue weighted by Gasteiger charge is 2.20. The second kappa shape index (κ2) is 12.3. The van der Waals surface area contributed by atoms with Gasteiger partial charge < -0.3 is 9.64 Å². The molecule has 1 unspecified atom stereocenters. The van der Waals surface area contributed by atoms with Crippen LogP contribution in [0.5, 0.6) is 5.75 Å². The Morgan fingerprint density at radius 3 is 2.66 bits per heavy atom. The number of ether oxygens (including phenoxy) is 1. The number of aryl methyl sites for hydroxylation is 2. The Balaban J connectivity index is 1.62. The van der Waals surface area contributed by atoms with Crippen LogP contribution in [0, 0.1) is 13.8 Å². The lowest BCUT2D eigenvalue weighted by atomic mass is 10.1. The zero-order valence-electron chi connectivity index (χ0n) is 19.4. The molecule has 0 bridgehead atoms. The zero-order valence-corrected chi connectivity index (χ0v) is 21.0. The van der Waals surface area contributed by atoms with Gasteiger partial charge in [0.1, 0.15) is 11.9 Å². The van der Waals surface area contributed by atoms with E-state index in [4.69, 9.17) is 21.3 Å². The monoisotopic (exact) mass is 472 g/mol. The summed E-state index contributed by atoms with van der Waals surface area (Å²) in [7, 11) is 0. The molecule has 0 radical (unpaired) electrons. The van der Waals surface area contributed by atoms with Crippen molar-refractivity contribution >= 4 is 40.8 Å². The largest absolute Gasteiger partial charge is 0.433 e. The van der Waals surface area contributed by atoms with E-state index >= 15 is 0 Å². The lowest BCUT2D eigenvalue weighted by Gasteiger charge is -2.17. The molecule has 2 aromatic rings. The predicted molar refractivity (Wildman–Crippen MR) is 139 cm³/mol. The molecule has 0 fully saturated rings. The summed E-state index contributed by atoms with van der Waals surface area (Å²) in [6, 6.07) is 12.0. The lowest BCUT2D eigenvalue weighted by Crippen LogP contribution is -2.22. The first-order chi connectivity index (χ1) is 15.5. The molecular weight excluding hydrogens is 440 g/mol. The third kappa shape index (κ3) is 7.26. The Morgan fingerprint density at radius 2 is 1.94 bits per heavy atom. The van der Waals surface area contributed by atoms with Crippen molar-refractivity contribution in [2.45, 2.75) is 59.5 Å². The quantitative estimate of drug-likeness (QED) is 0.181. The van der Waals surface area contributed by atoms with Crippen molar-refractivity contribution in [1.29, 1.82) is 0 Å². The average Bonchev–Trinajstić information content (AvgIpc) is 3.22. The van der Waals surface area contributed by atoms with Gasteiger partial charge in [-0.3, -0.25) is 0 Å². The number of rotatable bonds is 10. The van der Waals surface area contributed by atoms with Crippen molar-refractivity contribution in [3.8, 4) is 5.75 Å². The summed E-state index contributed by atoms with van der Waals surface area (Å²) >= 11 is 7.40. The number of hydrogen-bond donors (Lipinski definition) is 1. The van der Waals surface area contributed by atoms with Crippen molar-refractivity contribution in [2.24, 2.45) is 9.98 Å². The van der Waals surface area contributed by atoms with E-state index in [1.807, 2.05) is 43.6 Å². The van der Waals surface area contributed by atoms with Gasteiger partial charge >= 0.3 is 0 Å². The zero-order chi connectivity index (χ0) is 22.9. The Morgan fingerprint density at radius 1 is 1.16 bits per heavy atom. The molecule has 7 heteroatoms. The molecule has 1 aliphatic rings. The molecule has 0 aromatic heterocycles. The smallest absolute Gasteiger partial charge is 0.268 e. The molecule has 1 atom stereocenters. The predicted octanol–water partition coefficient (Wildman–Crippen LogP) is 6.68. The highest BCUT2D eigenvalue weighted by atomic mass is 35.5. The van der Waals surface area contributed by atoms with Gasteiger partial charge in [-0.05, 0) is 68.1 Å². The minimum atomic E-state index is -0.0193. The molecule has 1 N–H and O–H groups in total. The number of hydrogen-bond acceptors (Lipinski definition) is 5.